The van der Waals surface area contributed by atoms with E-state index in [1.807, 2.05) is 0 Å². The average molecular weight is 1160 g/mol. The fourth-order valence-corrected chi connectivity index (χ4v) is 10.2. The first-order valence-electron chi connectivity index (χ1n) is 35.7. The number of rotatable bonds is 65. The first-order valence-corrected chi connectivity index (χ1v) is 35.7. The van der Waals surface area contributed by atoms with Crippen LogP contribution < -0.4 is 0 Å². The molecular weight excluding hydrogens is 1020 g/mol. The highest BCUT2D eigenvalue weighted by atomic mass is 16.6. The number of ether oxygens (including phenoxy) is 3. The Balaban J connectivity index is 4.15. The van der Waals surface area contributed by atoms with E-state index < -0.39 is 6.10 Å². The van der Waals surface area contributed by atoms with Crippen molar-refractivity contribution < 1.29 is 28.6 Å². The second-order valence-electron chi connectivity index (χ2n) is 23.8. The van der Waals surface area contributed by atoms with Crippen molar-refractivity contribution in [1.29, 1.82) is 0 Å². The van der Waals surface area contributed by atoms with E-state index in [2.05, 4.69) is 118 Å². The van der Waals surface area contributed by atoms with Gasteiger partial charge < -0.3 is 14.2 Å². The van der Waals surface area contributed by atoms with Crippen LogP contribution in [0.3, 0.4) is 0 Å². The van der Waals surface area contributed by atoms with Crippen molar-refractivity contribution in [2.45, 2.75) is 361 Å². The summed E-state index contributed by atoms with van der Waals surface area (Å²) in [4.78, 5) is 38.3. The van der Waals surface area contributed by atoms with E-state index in [9.17, 15) is 14.4 Å². The smallest absolute Gasteiger partial charge is 0.306 e. The molecule has 0 bridgehead atoms. The second-order valence-corrected chi connectivity index (χ2v) is 23.8. The van der Waals surface area contributed by atoms with Gasteiger partial charge in [-0.25, -0.2) is 0 Å². The van der Waals surface area contributed by atoms with Crippen LogP contribution in [0, 0.1) is 0 Å². The molecule has 0 aliphatic rings. The molecule has 0 aromatic heterocycles. The van der Waals surface area contributed by atoms with Crippen LogP contribution >= 0.6 is 0 Å². The van der Waals surface area contributed by atoms with E-state index in [4.69, 9.17) is 14.2 Å². The zero-order valence-electron chi connectivity index (χ0n) is 54.9. The lowest BCUT2D eigenvalue weighted by Crippen LogP contribution is -2.30. The molecule has 6 nitrogen and oxygen atoms in total. The lowest BCUT2D eigenvalue weighted by atomic mass is 10.0. The van der Waals surface area contributed by atoms with E-state index in [0.717, 1.165) is 116 Å². The highest BCUT2D eigenvalue weighted by Gasteiger charge is 2.19. The van der Waals surface area contributed by atoms with Crippen molar-refractivity contribution in [1.82, 2.24) is 0 Å². The highest BCUT2D eigenvalue weighted by Crippen LogP contribution is 2.17. The second kappa shape index (κ2) is 70.8. The van der Waals surface area contributed by atoms with Gasteiger partial charge >= 0.3 is 17.9 Å². The molecule has 1 atom stereocenters. The summed E-state index contributed by atoms with van der Waals surface area (Å²) in [7, 11) is 0. The summed E-state index contributed by atoms with van der Waals surface area (Å²) in [5, 5.41) is 0. The van der Waals surface area contributed by atoms with Gasteiger partial charge in [-0.05, 0) is 103 Å². The van der Waals surface area contributed by atoms with Crippen LogP contribution in [0.2, 0.25) is 0 Å². The van der Waals surface area contributed by atoms with Gasteiger partial charge in [0.25, 0.3) is 0 Å². The maximum Gasteiger partial charge on any atom is 0.306 e. The van der Waals surface area contributed by atoms with Crippen LogP contribution in [-0.2, 0) is 28.6 Å². The van der Waals surface area contributed by atoms with Crippen LogP contribution in [0.4, 0.5) is 0 Å². The summed E-state index contributed by atoms with van der Waals surface area (Å²) in [6, 6.07) is 0. The van der Waals surface area contributed by atoms with E-state index in [0.29, 0.717) is 19.3 Å². The number of hydrogen-bond donors (Lipinski definition) is 0. The van der Waals surface area contributed by atoms with Gasteiger partial charge in [0.15, 0.2) is 6.10 Å². The normalized spacial score (nSPS) is 12.7. The number of carbonyl (C=O) groups is 3. The van der Waals surface area contributed by atoms with Crippen molar-refractivity contribution in [2.75, 3.05) is 13.2 Å². The minimum atomic E-state index is -0.784. The van der Waals surface area contributed by atoms with Gasteiger partial charge in [0.1, 0.15) is 13.2 Å². The van der Waals surface area contributed by atoms with Crippen molar-refractivity contribution in [3.63, 3.8) is 0 Å². The predicted octanol–water partition coefficient (Wildman–Crippen LogP) is 24.8. The summed E-state index contributed by atoms with van der Waals surface area (Å²) in [6.07, 6.45) is 96.0. The van der Waals surface area contributed by atoms with E-state index in [1.165, 1.54) is 199 Å². The van der Waals surface area contributed by atoms with Gasteiger partial charge in [-0.2, -0.15) is 0 Å². The van der Waals surface area contributed by atoms with Crippen LogP contribution in [0.1, 0.15) is 355 Å². The standard InChI is InChI=1S/C77H134O6/c1-4-7-10-13-16-19-21-23-25-27-29-31-33-35-36-37-38-39-40-42-43-45-47-49-51-53-55-58-61-64-67-70-76(79)82-73-74(72-81-75(78)69-66-63-60-57-18-15-12-9-6-3)83-77(80)71-68-65-62-59-56-54-52-50-48-46-44-41-34-32-30-28-26-24-22-20-17-14-11-8-5-2/h8,11,17,20-21,23-24,26-27,29-30,32,41,44,48,50,74H,4-7,9-10,12-16,18-19,22,25,28,31,33-40,42-43,45-47,49,51-73H2,1-3H3/b11-8-,20-17-,23-21-,26-24-,29-27-,32-30-,44-41-,50-48-. The quantitative estimate of drug-likeness (QED) is 0.0261. The van der Waals surface area contributed by atoms with Gasteiger partial charge in [0.05, 0.1) is 0 Å². The third kappa shape index (κ3) is 69.0. The first-order chi connectivity index (χ1) is 41.0. The van der Waals surface area contributed by atoms with E-state index >= 15 is 0 Å². The highest BCUT2D eigenvalue weighted by molar-refractivity contribution is 5.71. The molecule has 0 rings (SSSR count). The van der Waals surface area contributed by atoms with Crippen LogP contribution in [0.5, 0.6) is 0 Å². The Morgan fingerprint density at radius 1 is 0.253 bits per heavy atom. The minimum Gasteiger partial charge on any atom is -0.462 e. The molecule has 0 aromatic carbocycles. The summed E-state index contributed by atoms with van der Waals surface area (Å²) in [6.45, 7) is 6.52. The molecule has 0 aromatic rings. The maximum absolute atomic E-state index is 12.9. The summed E-state index contributed by atoms with van der Waals surface area (Å²) >= 11 is 0. The van der Waals surface area contributed by atoms with Gasteiger partial charge in [-0.3, -0.25) is 14.4 Å². The lowest BCUT2D eigenvalue weighted by Gasteiger charge is -2.18. The summed E-state index contributed by atoms with van der Waals surface area (Å²) in [5.74, 6) is -0.882. The van der Waals surface area contributed by atoms with Gasteiger partial charge in [0.2, 0.25) is 0 Å². The SMILES string of the molecule is CC/C=C\C/C=C\C/C=C\C/C=C\C/C=C\C/C=C\CCCCCCCCC(=O)OC(COC(=O)CCCCCCCCCCC)COC(=O)CCCCCCCCCCCCCCCCCCCCC/C=C\C/C=C\CCCCCCC. The topological polar surface area (TPSA) is 78.9 Å². The fourth-order valence-electron chi connectivity index (χ4n) is 10.2. The largest absolute Gasteiger partial charge is 0.462 e. The maximum atomic E-state index is 12.9. The Morgan fingerprint density at radius 2 is 0.470 bits per heavy atom. The van der Waals surface area contributed by atoms with Crippen molar-refractivity contribution in [3.8, 4) is 0 Å². The lowest BCUT2D eigenvalue weighted by molar-refractivity contribution is -0.167. The first kappa shape index (κ1) is 79.3. The van der Waals surface area contributed by atoms with Gasteiger partial charge in [-0.1, -0.05) is 330 Å². The minimum absolute atomic E-state index is 0.0799. The van der Waals surface area contributed by atoms with Gasteiger partial charge in [0, 0.05) is 19.3 Å². The molecule has 478 valence electrons. The molecular formula is C77H134O6. The van der Waals surface area contributed by atoms with E-state index in [1.54, 1.807) is 0 Å². The number of esters is 3. The molecule has 1 unspecified atom stereocenters. The third-order valence-electron chi connectivity index (χ3n) is 15.6. The van der Waals surface area contributed by atoms with Crippen LogP contribution in [0.25, 0.3) is 0 Å². The molecule has 0 fully saturated rings. The van der Waals surface area contributed by atoms with Crippen LogP contribution in [-0.4, -0.2) is 37.2 Å². The molecule has 0 amide bonds. The Bertz CT molecular complexity index is 1610. The Morgan fingerprint density at radius 3 is 0.735 bits per heavy atom. The molecule has 0 N–H and O–H groups in total. The number of allylic oxidation sites excluding steroid dienone is 16. The Hall–Kier alpha value is -3.67. The molecule has 0 heterocycles. The van der Waals surface area contributed by atoms with Crippen LogP contribution in [0.15, 0.2) is 97.2 Å². The zero-order chi connectivity index (χ0) is 59.9. The number of carbonyl (C=O) groups excluding carboxylic acids is 3. The number of hydrogen-bond acceptors (Lipinski definition) is 6. The van der Waals surface area contributed by atoms with Gasteiger partial charge in [-0.15, -0.1) is 0 Å². The fraction of sp³-hybridized carbons (Fsp3) is 0.753. The molecule has 83 heavy (non-hydrogen) atoms. The predicted molar refractivity (Wildman–Crippen MR) is 362 cm³/mol. The molecule has 6 heteroatoms. The van der Waals surface area contributed by atoms with Crippen molar-refractivity contribution >= 4 is 17.9 Å². The molecule has 0 saturated heterocycles. The molecule has 0 radical (unpaired) electrons. The van der Waals surface area contributed by atoms with Crippen molar-refractivity contribution in [2.24, 2.45) is 0 Å². The number of unbranched alkanes of at least 4 members (excludes halogenated alkanes) is 38. The van der Waals surface area contributed by atoms with Crippen molar-refractivity contribution in [3.05, 3.63) is 97.2 Å². The molecule has 0 spiro atoms. The molecule has 0 aliphatic carbocycles. The molecule has 0 aliphatic heterocycles. The Labute approximate surface area is 515 Å². The molecule has 0 saturated carbocycles. The summed E-state index contributed by atoms with van der Waals surface area (Å²) < 4.78 is 16.9. The summed E-state index contributed by atoms with van der Waals surface area (Å²) in [5.41, 5.74) is 0. The zero-order valence-corrected chi connectivity index (χ0v) is 54.9. The monoisotopic (exact) mass is 1160 g/mol. The Kier molecular flexibility index (Phi) is 67.7. The average Bonchev–Trinajstić information content (AvgIpc) is 3.49. The van der Waals surface area contributed by atoms with E-state index in [-0.39, 0.29) is 31.1 Å². The third-order valence-corrected chi connectivity index (χ3v) is 15.6.